The van der Waals surface area contributed by atoms with Gasteiger partial charge in [-0.2, -0.15) is 0 Å². The SMILES string of the molecule is O=S(=O)(N[C@H](CO)C[C@H](O)c1ccccc1)c1ccccc1F. The van der Waals surface area contributed by atoms with Crippen molar-refractivity contribution in [2.75, 3.05) is 6.61 Å². The number of benzene rings is 2. The second-order valence-corrected chi connectivity index (χ2v) is 6.78. The van der Waals surface area contributed by atoms with E-state index in [2.05, 4.69) is 4.72 Å². The zero-order valence-corrected chi connectivity index (χ0v) is 13.1. The van der Waals surface area contributed by atoms with Crippen LogP contribution >= 0.6 is 0 Å². The minimum Gasteiger partial charge on any atom is -0.395 e. The summed E-state index contributed by atoms with van der Waals surface area (Å²) in [7, 11) is -4.13. The van der Waals surface area contributed by atoms with Gasteiger partial charge in [-0.05, 0) is 24.1 Å². The smallest absolute Gasteiger partial charge is 0.243 e. The molecule has 0 aliphatic rings. The van der Waals surface area contributed by atoms with Gasteiger partial charge in [0.15, 0.2) is 0 Å². The van der Waals surface area contributed by atoms with Gasteiger partial charge in [0.05, 0.1) is 12.7 Å². The van der Waals surface area contributed by atoms with Gasteiger partial charge < -0.3 is 10.2 Å². The van der Waals surface area contributed by atoms with E-state index < -0.39 is 39.5 Å². The van der Waals surface area contributed by atoms with E-state index in [4.69, 9.17) is 0 Å². The molecule has 5 nitrogen and oxygen atoms in total. The van der Waals surface area contributed by atoms with Crippen molar-refractivity contribution >= 4 is 10.0 Å². The molecule has 0 aromatic heterocycles. The molecule has 2 rings (SSSR count). The van der Waals surface area contributed by atoms with Gasteiger partial charge in [0.1, 0.15) is 10.7 Å². The molecule has 3 N–H and O–H groups in total. The highest BCUT2D eigenvalue weighted by molar-refractivity contribution is 7.89. The first kappa shape index (κ1) is 17.6. The molecule has 0 radical (unpaired) electrons. The summed E-state index contributed by atoms with van der Waals surface area (Å²) in [4.78, 5) is -0.493. The molecule has 0 bridgehead atoms. The Hall–Kier alpha value is -1.80. The summed E-state index contributed by atoms with van der Waals surface area (Å²) in [6.45, 7) is -0.516. The quantitative estimate of drug-likeness (QED) is 0.715. The lowest BCUT2D eigenvalue weighted by molar-refractivity contribution is 0.136. The summed E-state index contributed by atoms with van der Waals surface area (Å²) in [5, 5.41) is 19.5. The van der Waals surface area contributed by atoms with Crippen molar-refractivity contribution in [1.82, 2.24) is 4.72 Å². The summed E-state index contributed by atoms with van der Waals surface area (Å²) in [6, 6.07) is 12.7. The van der Waals surface area contributed by atoms with Crippen LogP contribution in [0.3, 0.4) is 0 Å². The minimum atomic E-state index is -4.13. The third kappa shape index (κ3) is 4.59. The van der Waals surface area contributed by atoms with Crippen molar-refractivity contribution in [1.29, 1.82) is 0 Å². The van der Waals surface area contributed by atoms with Gasteiger partial charge in [-0.25, -0.2) is 17.5 Å². The molecular formula is C16H18FNO4S. The van der Waals surface area contributed by atoms with Gasteiger partial charge in [0.2, 0.25) is 10.0 Å². The fraction of sp³-hybridized carbons (Fsp3) is 0.250. The van der Waals surface area contributed by atoms with Crippen LogP contribution in [-0.2, 0) is 10.0 Å². The van der Waals surface area contributed by atoms with Crippen LogP contribution < -0.4 is 4.72 Å². The van der Waals surface area contributed by atoms with E-state index in [-0.39, 0.29) is 6.42 Å². The Labute approximate surface area is 134 Å². The first-order valence-electron chi connectivity index (χ1n) is 7.05. The lowest BCUT2D eigenvalue weighted by atomic mass is 10.0. The van der Waals surface area contributed by atoms with E-state index in [1.165, 1.54) is 12.1 Å². The maximum Gasteiger partial charge on any atom is 0.243 e. The Morgan fingerprint density at radius 3 is 2.26 bits per heavy atom. The van der Waals surface area contributed by atoms with E-state index in [0.717, 1.165) is 12.1 Å². The second-order valence-electron chi connectivity index (χ2n) is 5.09. The number of rotatable bonds is 7. The van der Waals surface area contributed by atoms with Crippen LogP contribution in [0.25, 0.3) is 0 Å². The zero-order chi connectivity index (χ0) is 16.9. The highest BCUT2D eigenvalue weighted by Gasteiger charge is 2.24. The van der Waals surface area contributed by atoms with Crippen LogP contribution in [-0.4, -0.2) is 31.3 Å². The molecule has 2 aromatic rings. The average Bonchev–Trinajstić information content (AvgIpc) is 2.55. The molecule has 0 amide bonds. The lowest BCUT2D eigenvalue weighted by Crippen LogP contribution is -2.38. The van der Waals surface area contributed by atoms with Crippen molar-refractivity contribution < 1.29 is 23.0 Å². The van der Waals surface area contributed by atoms with Crippen molar-refractivity contribution in [3.8, 4) is 0 Å². The minimum absolute atomic E-state index is 0.0335. The van der Waals surface area contributed by atoms with E-state index in [1.54, 1.807) is 30.3 Å². The molecule has 2 aromatic carbocycles. The second kappa shape index (κ2) is 7.65. The van der Waals surface area contributed by atoms with Crippen LogP contribution in [0.5, 0.6) is 0 Å². The third-order valence-electron chi connectivity index (χ3n) is 3.36. The molecule has 7 heteroatoms. The van der Waals surface area contributed by atoms with Crippen LogP contribution in [0.4, 0.5) is 4.39 Å². The molecule has 0 saturated carbocycles. The van der Waals surface area contributed by atoms with Gasteiger partial charge in [-0.1, -0.05) is 42.5 Å². The standard InChI is InChI=1S/C16H18FNO4S/c17-14-8-4-5-9-16(14)23(21,22)18-13(11-19)10-15(20)12-6-2-1-3-7-12/h1-9,13,15,18-20H,10-11H2/t13-,15-/m0/s1. The first-order chi connectivity index (χ1) is 10.9. The molecule has 0 aliphatic heterocycles. The normalized spacial score (nSPS) is 14.4. The van der Waals surface area contributed by atoms with Gasteiger partial charge in [-0.3, -0.25) is 0 Å². The molecule has 0 aliphatic carbocycles. The van der Waals surface area contributed by atoms with E-state index in [9.17, 15) is 23.0 Å². The van der Waals surface area contributed by atoms with E-state index in [1.807, 2.05) is 0 Å². The topological polar surface area (TPSA) is 86.6 Å². The summed E-state index contributed by atoms with van der Waals surface area (Å²) < 4.78 is 40.3. The van der Waals surface area contributed by atoms with Gasteiger partial charge >= 0.3 is 0 Å². The van der Waals surface area contributed by atoms with Gasteiger partial charge in [0.25, 0.3) is 0 Å². The fourth-order valence-electron chi connectivity index (χ4n) is 2.19. The molecule has 2 atom stereocenters. The number of nitrogens with one attached hydrogen (secondary N) is 1. The molecule has 0 heterocycles. The molecule has 0 fully saturated rings. The molecule has 0 saturated heterocycles. The summed E-state index contributed by atoms with van der Waals surface area (Å²) >= 11 is 0. The maximum absolute atomic E-state index is 13.6. The zero-order valence-electron chi connectivity index (χ0n) is 12.3. The summed E-state index contributed by atoms with van der Waals surface area (Å²) in [5.41, 5.74) is 0.607. The van der Waals surface area contributed by atoms with Crippen LogP contribution in [0.2, 0.25) is 0 Å². The van der Waals surface area contributed by atoms with Crippen molar-refractivity contribution in [3.05, 3.63) is 66.0 Å². The van der Waals surface area contributed by atoms with E-state index >= 15 is 0 Å². The highest BCUT2D eigenvalue weighted by atomic mass is 32.2. The summed E-state index contributed by atoms with van der Waals surface area (Å²) in [6.07, 6.45) is -0.981. The Kier molecular flexibility index (Phi) is 5.84. The predicted molar refractivity (Wildman–Crippen MR) is 83.6 cm³/mol. The monoisotopic (exact) mass is 339 g/mol. The maximum atomic E-state index is 13.6. The number of hydrogen-bond donors (Lipinski definition) is 3. The van der Waals surface area contributed by atoms with Crippen molar-refractivity contribution in [2.45, 2.75) is 23.5 Å². The van der Waals surface area contributed by atoms with Crippen LogP contribution in [0.1, 0.15) is 18.1 Å². The first-order valence-corrected chi connectivity index (χ1v) is 8.53. The van der Waals surface area contributed by atoms with Crippen LogP contribution in [0.15, 0.2) is 59.5 Å². The van der Waals surface area contributed by atoms with Gasteiger partial charge in [-0.15, -0.1) is 0 Å². The van der Waals surface area contributed by atoms with Crippen molar-refractivity contribution in [2.24, 2.45) is 0 Å². The fourth-order valence-corrected chi connectivity index (χ4v) is 3.51. The molecule has 124 valence electrons. The third-order valence-corrected chi connectivity index (χ3v) is 4.91. The lowest BCUT2D eigenvalue weighted by Gasteiger charge is -2.20. The number of sulfonamides is 1. The molecule has 0 unspecified atom stereocenters. The Morgan fingerprint density at radius 2 is 1.65 bits per heavy atom. The van der Waals surface area contributed by atoms with E-state index in [0.29, 0.717) is 5.56 Å². The predicted octanol–water partition coefficient (Wildman–Crippen LogP) is 1.59. The number of aliphatic hydroxyl groups excluding tert-OH is 2. The van der Waals surface area contributed by atoms with Crippen LogP contribution in [0, 0.1) is 5.82 Å². The Morgan fingerprint density at radius 1 is 1.04 bits per heavy atom. The molecule has 0 spiro atoms. The molecular weight excluding hydrogens is 321 g/mol. The Balaban J connectivity index is 2.12. The van der Waals surface area contributed by atoms with Crippen molar-refractivity contribution in [3.63, 3.8) is 0 Å². The average molecular weight is 339 g/mol. The number of aliphatic hydroxyl groups is 2. The summed E-state index contributed by atoms with van der Waals surface area (Å²) in [5.74, 6) is -0.875. The Bertz CT molecular complexity index is 737. The van der Waals surface area contributed by atoms with Gasteiger partial charge in [0, 0.05) is 6.04 Å². The highest BCUT2D eigenvalue weighted by Crippen LogP contribution is 2.20. The largest absolute Gasteiger partial charge is 0.395 e. The number of hydrogen-bond acceptors (Lipinski definition) is 4. The number of halogens is 1. The molecule has 23 heavy (non-hydrogen) atoms.